The Kier molecular flexibility index (Phi) is 3.04. The quantitative estimate of drug-likeness (QED) is 0.909. The van der Waals surface area contributed by atoms with Crippen molar-refractivity contribution in [3.05, 3.63) is 42.2 Å². The second kappa shape index (κ2) is 4.35. The molecule has 5 heteroatoms. The maximum absolute atomic E-state index is 11.8. The highest BCUT2D eigenvalue weighted by molar-refractivity contribution is 7.89. The van der Waals surface area contributed by atoms with Crippen molar-refractivity contribution in [3.8, 4) is 11.3 Å². The van der Waals surface area contributed by atoms with Crippen LogP contribution in [-0.2, 0) is 10.0 Å². The molecule has 1 aromatic heterocycles. The van der Waals surface area contributed by atoms with Crippen molar-refractivity contribution in [2.75, 3.05) is 7.05 Å². The second-order valence-corrected chi connectivity index (χ2v) is 5.52. The van der Waals surface area contributed by atoms with Gasteiger partial charge in [0.15, 0.2) is 0 Å². The molecule has 2 rings (SSSR count). The van der Waals surface area contributed by atoms with Crippen LogP contribution in [0.3, 0.4) is 0 Å². The molecule has 0 saturated carbocycles. The van der Waals surface area contributed by atoms with Crippen LogP contribution < -0.4 is 4.72 Å². The first-order chi connectivity index (χ1) is 8.04. The summed E-state index contributed by atoms with van der Waals surface area (Å²) in [7, 11) is -2.04. The zero-order valence-electron chi connectivity index (χ0n) is 9.60. The van der Waals surface area contributed by atoms with Gasteiger partial charge in [0.05, 0.1) is 11.2 Å². The fourth-order valence-corrected chi connectivity index (χ4v) is 2.59. The predicted molar refractivity (Wildman–Crippen MR) is 65.1 cm³/mol. The molecule has 1 N–H and O–H groups in total. The van der Waals surface area contributed by atoms with Crippen LogP contribution in [0, 0.1) is 6.92 Å². The lowest BCUT2D eigenvalue weighted by Gasteiger charge is -2.07. The first kappa shape index (κ1) is 11.9. The third-order valence-corrected chi connectivity index (χ3v) is 4.11. The van der Waals surface area contributed by atoms with Gasteiger partial charge in [-0.1, -0.05) is 12.1 Å². The lowest BCUT2D eigenvalue weighted by molar-refractivity contribution is 0.581. The van der Waals surface area contributed by atoms with Crippen molar-refractivity contribution in [3.63, 3.8) is 0 Å². The Bertz CT molecular complexity index is 615. The monoisotopic (exact) mass is 251 g/mol. The maximum atomic E-state index is 11.8. The van der Waals surface area contributed by atoms with Crippen molar-refractivity contribution in [2.24, 2.45) is 0 Å². The Labute approximate surface area is 100 Å². The van der Waals surface area contributed by atoms with Gasteiger partial charge < -0.3 is 4.42 Å². The number of sulfonamides is 1. The Hall–Kier alpha value is -1.59. The molecule has 0 amide bonds. The van der Waals surface area contributed by atoms with Gasteiger partial charge in [-0.3, -0.25) is 0 Å². The molecule has 0 spiro atoms. The van der Waals surface area contributed by atoms with Crippen LogP contribution >= 0.6 is 0 Å². The number of benzene rings is 1. The average Bonchev–Trinajstić information content (AvgIpc) is 2.83. The summed E-state index contributed by atoms with van der Waals surface area (Å²) in [6.07, 6.45) is 1.56. The molecule has 0 radical (unpaired) electrons. The van der Waals surface area contributed by atoms with Crippen LogP contribution in [-0.4, -0.2) is 15.5 Å². The third-order valence-electron chi connectivity index (χ3n) is 2.55. The van der Waals surface area contributed by atoms with Gasteiger partial charge in [0, 0.05) is 5.56 Å². The smallest absolute Gasteiger partial charge is 0.240 e. The van der Waals surface area contributed by atoms with E-state index in [0.29, 0.717) is 11.3 Å². The standard InChI is InChI=1S/C12H13NO3S/c1-9-5-6-10(11-4-3-7-16-11)8-12(9)17(14,15)13-2/h3-8,13H,1-2H3. The minimum Gasteiger partial charge on any atom is -0.464 e. The van der Waals surface area contributed by atoms with Gasteiger partial charge in [-0.15, -0.1) is 0 Å². The van der Waals surface area contributed by atoms with E-state index in [1.54, 1.807) is 37.5 Å². The van der Waals surface area contributed by atoms with Gasteiger partial charge in [0.2, 0.25) is 10.0 Å². The number of hydrogen-bond acceptors (Lipinski definition) is 3. The Morgan fingerprint density at radius 3 is 2.59 bits per heavy atom. The molecule has 0 bridgehead atoms. The summed E-state index contributed by atoms with van der Waals surface area (Å²) in [6, 6.07) is 8.77. The van der Waals surface area contributed by atoms with Crippen LogP contribution in [0.2, 0.25) is 0 Å². The zero-order valence-corrected chi connectivity index (χ0v) is 10.4. The van der Waals surface area contributed by atoms with E-state index >= 15 is 0 Å². The third kappa shape index (κ3) is 2.25. The van der Waals surface area contributed by atoms with Crippen LogP contribution in [0.25, 0.3) is 11.3 Å². The molecule has 0 aliphatic carbocycles. The summed E-state index contributed by atoms with van der Waals surface area (Å²) in [4.78, 5) is 0.272. The predicted octanol–water partition coefficient (Wildman–Crippen LogP) is 2.16. The first-order valence-electron chi connectivity index (χ1n) is 5.12. The van der Waals surface area contributed by atoms with E-state index in [1.807, 2.05) is 6.07 Å². The summed E-state index contributed by atoms with van der Waals surface area (Å²) in [5.41, 5.74) is 1.45. The van der Waals surface area contributed by atoms with Crippen molar-refractivity contribution < 1.29 is 12.8 Å². The van der Waals surface area contributed by atoms with Crippen molar-refractivity contribution in [1.82, 2.24) is 4.72 Å². The van der Waals surface area contributed by atoms with Crippen LogP contribution in [0.5, 0.6) is 0 Å². The largest absolute Gasteiger partial charge is 0.464 e. The Morgan fingerprint density at radius 2 is 2.00 bits per heavy atom. The van der Waals surface area contributed by atoms with Crippen molar-refractivity contribution in [1.29, 1.82) is 0 Å². The van der Waals surface area contributed by atoms with Gasteiger partial charge in [-0.2, -0.15) is 0 Å². The number of hydrogen-bond donors (Lipinski definition) is 1. The molecule has 4 nitrogen and oxygen atoms in total. The second-order valence-electron chi connectivity index (χ2n) is 3.67. The molecule has 1 heterocycles. The number of rotatable bonds is 3. The maximum Gasteiger partial charge on any atom is 0.240 e. The molecule has 1 aromatic carbocycles. The zero-order chi connectivity index (χ0) is 12.5. The highest BCUT2D eigenvalue weighted by atomic mass is 32.2. The molecular formula is C12H13NO3S. The van der Waals surface area contributed by atoms with Gasteiger partial charge in [0.1, 0.15) is 5.76 Å². The van der Waals surface area contributed by atoms with E-state index < -0.39 is 10.0 Å². The summed E-state index contributed by atoms with van der Waals surface area (Å²) in [5.74, 6) is 0.651. The van der Waals surface area contributed by atoms with Crippen molar-refractivity contribution >= 4 is 10.0 Å². The van der Waals surface area contributed by atoms with E-state index in [9.17, 15) is 8.42 Å². The minimum absolute atomic E-state index is 0.272. The van der Waals surface area contributed by atoms with E-state index in [4.69, 9.17) is 4.42 Å². The van der Waals surface area contributed by atoms with Gasteiger partial charge in [0.25, 0.3) is 0 Å². The van der Waals surface area contributed by atoms with Crippen LogP contribution in [0.1, 0.15) is 5.56 Å². The van der Waals surface area contributed by atoms with E-state index in [1.165, 1.54) is 7.05 Å². The fourth-order valence-electron chi connectivity index (χ4n) is 1.60. The number of nitrogens with one attached hydrogen (secondary N) is 1. The minimum atomic E-state index is -3.43. The summed E-state index contributed by atoms with van der Waals surface area (Å²) >= 11 is 0. The van der Waals surface area contributed by atoms with Gasteiger partial charge >= 0.3 is 0 Å². The Balaban J connectivity index is 2.59. The van der Waals surface area contributed by atoms with E-state index in [0.717, 1.165) is 5.56 Å². The van der Waals surface area contributed by atoms with Crippen molar-refractivity contribution in [2.45, 2.75) is 11.8 Å². The first-order valence-corrected chi connectivity index (χ1v) is 6.61. The topological polar surface area (TPSA) is 59.3 Å². The fraction of sp³-hybridized carbons (Fsp3) is 0.167. The molecule has 0 saturated heterocycles. The van der Waals surface area contributed by atoms with Crippen LogP contribution in [0.4, 0.5) is 0 Å². The highest BCUT2D eigenvalue weighted by Crippen LogP contribution is 2.25. The molecule has 17 heavy (non-hydrogen) atoms. The lowest BCUT2D eigenvalue weighted by atomic mass is 10.1. The summed E-state index contributed by atoms with van der Waals surface area (Å²) < 4.78 is 31.2. The molecule has 90 valence electrons. The average molecular weight is 251 g/mol. The summed E-state index contributed by atoms with van der Waals surface area (Å²) in [5, 5.41) is 0. The summed E-state index contributed by atoms with van der Waals surface area (Å²) in [6.45, 7) is 1.76. The number of aryl methyl sites for hydroxylation is 1. The lowest BCUT2D eigenvalue weighted by Crippen LogP contribution is -2.19. The number of furan rings is 1. The molecule has 2 aromatic rings. The van der Waals surface area contributed by atoms with Gasteiger partial charge in [-0.05, 0) is 37.7 Å². The van der Waals surface area contributed by atoms with E-state index in [2.05, 4.69) is 4.72 Å². The molecule has 0 atom stereocenters. The Morgan fingerprint density at radius 1 is 1.24 bits per heavy atom. The molecule has 0 fully saturated rings. The molecule has 0 unspecified atom stereocenters. The van der Waals surface area contributed by atoms with Crippen LogP contribution in [0.15, 0.2) is 45.9 Å². The molecular weight excluding hydrogens is 238 g/mol. The normalized spacial score (nSPS) is 11.6. The SMILES string of the molecule is CNS(=O)(=O)c1cc(-c2ccco2)ccc1C. The highest BCUT2D eigenvalue weighted by Gasteiger charge is 2.15. The molecule has 0 aliphatic heterocycles. The van der Waals surface area contributed by atoms with E-state index in [-0.39, 0.29) is 4.90 Å². The van der Waals surface area contributed by atoms with Gasteiger partial charge in [-0.25, -0.2) is 13.1 Å². The molecule has 0 aliphatic rings.